The molecule has 0 fully saturated rings. The maximum Gasteiger partial charge on any atom is 0.179 e. The van der Waals surface area contributed by atoms with Crippen LogP contribution in [0.4, 0.5) is 0 Å². The lowest BCUT2D eigenvalue weighted by Crippen LogP contribution is -2.07. The second-order valence-corrected chi connectivity index (χ2v) is 5.38. The molecule has 0 atom stereocenters. The third kappa shape index (κ3) is 3.97. The molecule has 0 bridgehead atoms. The normalized spacial score (nSPS) is 11.5. The molecule has 0 spiro atoms. The first kappa shape index (κ1) is 12.1. The Balaban J connectivity index is 2.53. The van der Waals surface area contributed by atoms with Crippen molar-refractivity contribution in [3.63, 3.8) is 0 Å². The Morgan fingerprint density at radius 2 is 2.00 bits per heavy atom. The number of unbranched alkanes of at least 4 members (excludes halogenated alkanes) is 2. The van der Waals surface area contributed by atoms with Gasteiger partial charge in [0.15, 0.2) is 9.84 Å². The molecule has 0 saturated heterocycles. The maximum atomic E-state index is 11.7. The highest BCUT2D eigenvalue weighted by Crippen LogP contribution is 2.11. The zero-order valence-electron chi connectivity index (χ0n) is 8.43. The Morgan fingerprint density at radius 3 is 2.60 bits per heavy atom. The Morgan fingerprint density at radius 1 is 1.20 bits per heavy atom. The molecule has 83 valence electrons. The van der Waals surface area contributed by atoms with Crippen LogP contribution in [-0.2, 0) is 14.9 Å². The summed E-state index contributed by atoms with van der Waals surface area (Å²) < 4.78 is 23.4. The van der Waals surface area contributed by atoms with E-state index in [0.717, 1.165) is 0 Å². The van der Waals surface area contributed by atoms with Gasteiger partial charge in [-0.05, 0) is 25.0 Å². The quantitative estimate of drug-likeness (QED) is 0.692. The van der Waals surface area contributed by atoms with Gasteiger partial charge in [0, 0.05) is 12.4 Å². The summed E-state index contributed by atoms with van der Waals surface area (Å²) in [6.07, 6.45) is 4.64. The average molecular weight is 228 g/mol. The zero-order chi connectivity index (χ0) is 11.1. The summed E-state index contributed by atoms with van der Waals surface area (Å²) in [6.45, 7) is -0.132. The highest BCUT2D eigenvalue weighted by atomic mass is 32.2. The van der Waals surface area contributed by atoms with Crippen LogP contribution in [0.2, 0.25) is 0 Å². The first-order valence-electron chi connectivity index (χ1n) is 4.88. The van der Waals surface area contributed by atoms with Crippen molar-refractivity contribution in [2.75, 3.05) is 12.4 Å². The van der Waals surface area contributed by atoms with Crippen molar-refractivity contribution in [3.05, 3.63) is 24.5 Å². The number of hydrogen-bond donors (Lipinski definition) is 0. The number of hydrogen-bond acceptors (Lipinski definition) is 3. The minimum Gasteiger partial charge on any atom is -0.263 e. The van der Waals surface area contributed by atoms with E-state index in [9.17, 15) is 13.5 Å². The first-order valence-corrected chi connectivity index (χ1v) is 6.53. The topological polar surface area (TPSA) is 66.9 Å². The van der Waals surface area contributed by atoms with Gasteiger partial charge in [0.1, 0.15) is 0 Å². The molecule has 0 aliphatic rings. The van der Waals surface area contributed by atoms with Gasteiger partial charge in [-0.3, -0.25) is 4.98 Å². The minimum absolute atomic E-state index is 0.0959. The van der Waals surface area contributed by atoms with E-state index >= 15 is 0 Å². The van der Waals surface area contributed by atoms with Gasteiger partial charge in [0.2, 0.25) is 0 Å². The largest absolute Gasteiger partial charge is 0.263 e. The fourth-order valence-corrected chi connectivity index (χ4v) is 2.55. The van der Waals surface area contributed by atoms with Crippen LogP contribution < -0.4 is 0 Å². The highest BCUT2D eigenvalue weighted by Gasteiger charge is 2.13. The Hall–Kier alpha value is -0.940. The molecule has 5 heteroatoms. The molecule has 15 heavy (non-hydrogen) atoms. The lowest BCUT2D eigenvalue weighted by atomic mass is 10.3. The Labute approximate surface area is 89.9 Å². The van der Waals surface area contributed by atoms with Gasteiger partial charge < -0.3 is 0 Å². The molecule has 1 rings (SSSR count). The molecular formula is C10H14NO3S. The Kier molecular flexibility index (Phi) is 4.71. The van der Waals surface area contributed by atoms with Crippen LogP contribution in [0, 0.1) is 0 Å². The van der Waals surface area contributed by atoms with Crippen LogP contribution in [-0.4, -0.2) is 25.8 Å². The van der Waals surface area contributed by atoms with E-state index in [2.05, 4.69) is 4.98 Å². The SMILES string of the molecule is [O]CCCCCS(=O)(=O)c1cccnc1. The number of aromatic nitrogens is 1. The van der Waals surface area contributed by atoms with E-state index < -0.39 is 9.84 Å². The molecule has 0 aliphatic heterocycles. The summed E-state index contributed by atoms with van der Waals surface area (Å²) in [5, 5.41) is 10.2. The highest BCUT2D eigenvalue weighted by molar-refractivity contribution is 7.91. The second kappa shape index (κ2) is 5.82. The lowest BCUT2D eigenvalue weighted by Gasteiger charge is -2.02. The van der Waals surface area contributed by atoms with Crippen LogP contribution in [0.3, 0.4) is 0 Å². The molecule has 4 nitrogen and oxygen atoms in total. The average Bonchev–Trinajstić information content (AvgIpc) is 2.26. The lowest BCUT2D eigenvalue weighted by molar-refractivity contribution is 0.186. The number of rotatable bonds is 6. The fraction of sp³-hybridized carbons (Fsp3) is 0.500. The van der Waals surface area contributed by atoms with Crippen molar-refractivity contribution in [2.45, 2.75) is 24.2 Å². The van der Waals surface area contributed by atoms with Crippen molar-refractivity contribution >= 4 is 9.84 Å². The molecule has 1 aromatic heterocycles. The second-order valence-electron chi connectivity index (χ2n) is 3.27. The standard InChI is InChI=1S/C10H14NO3S/c12-7-2-1-3-8-15(13,14)10-5-4-6-11-9-10/h4-6,9H,1-3,7-8H2. The summed E-state index contributed by atoms with van der Waals surface area (Å²) in [5.41, 5.74) is 0. The molecule has 0 amide bonds. The van der Waals surface area contributed by atoms with Crippen LogP contribution in [0.25, 0.3) is 0 Å². The van der Waals surface area contributed by atoms with E-state index in [1.165, 1.54) is 18.5 Å². The predicted molar refractivity (Wildman–Crippen MR) is 55.7 cm³/mol. The van der Waals surface area contributed by atoms with Gasteiger partial charge in [-0.1, -0.05) is 6.42 Å². The van der Waals surface area contributed by atoms with Gasteiger partial charge in [-0.15, -0.1) is 0 Å². The molecule has 0 saturated carbocycles. The van der Waals surface area contributed by atoms with Gasteiger partial charge in [-0.2, -0.15) is 0 Å². The third-order valence-corrected chi connectivity index (χ3v) is 3.84. The number of sulfone groups is 1. The first-order chi connectivity index (χ1) is 7.17. The van der Waals surface area contributed by atoms with E-state index in [0.29, 0.717) is 19.3 Å². The number of pyridine rings is 1. The zero-order valence-corrected chi connectivity index (χ0v) is 9.24. The summed E-state index contributed by atoms with van der Waals surface area (Å²) >= 11 is 0. The molecule has 1 aromatic rings. The van der Waals surface area contributed by atoms with E-state index in [-0.39, 0.29) is 17.3 Å². The monoisotopic (exact) mass is 228 g/mol. The predicted octanol–water partition coefficient (Wildman–Crippen LogP) is 1.46. The van der Waals surface area contributed by atoms with Crippen molar-refractivity contribution < 1.29 is 13.5 Å². The molecule has 0 aliphatic carbocycles. The van der Waals surface area contributed by atoms with Crippen molar-refractivity contribution in [1.29, 1.82) is 0 Å². The molecule has 1 radical (unpaired) electrons. The van der Waals surface area contributed by atoms with Crippen molar-refractivity contribution in [1.82, 2.24) is 4.98 Å². The summed E-state index contributed by atoms with van der Waals surface area (Å²) in [5.74, 6) is 0.0959. The smallest absolute Gasteiger partial charge is 0.179 e. The molecule has 0 N–H and O–H groups in total. The van der Waals surface area contributed by atoms with Crippen molar-refractivity contribution in [3.8, 4) is 0 Å². The molecule has 0 unspecified atom stereocenters. The van der Waals surface area contributed by atoms with E-state index in [4.69, 9.17) is 0 Å². The van der Waals surface area contributed by atoms with Gasteiger partial charge in [-0.25, -0.2) is 13.5 Å². The summed E-state index contributed by atoms with van der Waals surface area (Å²) in [4.78, 5) is 4.02. The van der Waals surface area contributed by atoms with E-state index in [1.807, 2.05) is 0 Å². The van der Waals surface area contributed by atoms with Crippen LogP contribution in [0.15, 0.2) is 29.4 Å². The number of nitrogens with zero attached hydrogens (tertiary/aromatic N) is 1. The molecule has 1 heterocycles. The summed E-state index contributed by atoms with van der Waals surface area (Å²) in [7, 11) is -3.21. The molecular weight excluding hydrogens is 214 g/mol. The van der Waals surface area contributed by atoms with Gasteiger partial charge in [0.05, 0.1) is 17.3 Å². The van der Waals surface area contributed by atoms with Crippen LogP contribution >= 0.6 is 0 Å². The summed E-state index contributed by atoms with van der Waals surface area (Å²) in [6, 6.07) is 3.14. The fourth-order valence-electron chi connectivity index (χ4n) is 1.22. The van der Waals surface area contributed by atoms with Crippen LogP contribution in [0.5, 0.6) is 0 Å². The van der Waals surface area contributed by atoms with Gasteiger partial charge in [0.25, 0.3) is 0 Å². The van der Waals surface area contributed by atoms with Crippen molar-refractivity contribution in [2.24, 2.45) is 0 Å². The van der Waals surface area contributed by atoms with Crippen LogP contribution in [0.1, 0.15) is 19.3 Å². The van der Waals surface area contributed by atoms with E-state index in [1.54, 1.807) is 6.07 Å². The van der Waals surface area contributed by atoms with Gasteiger partial charge >= 0.3 is 0 Å². The third-order valence-electron chi connectivity index (χ3n) is 2.05. The molecule has 0 aromatic carbocycles. The minimum atomic E-state index is -3.21. The Bertz CT molecular complexity index is 375. The maximum absolute atomic E-state index is 11.7.